The number of aryl methyl sites for hydroxylation is 1. The lowest BCUT2D eigenvalue weighted by Crippen LogP contribution is -2.21. The van der Waals surface area contributed by atoms with Gasteiger partial charge in [-0.25, -0.2) is 14.8 Å². The van der Waals surface area contributed by atoms with Crippen molar-refractivity contribution in [2.24, 2.45) is 0 Å². The fraction of sp³-hybridized carbons (Fsp3) is 0.227. The van der Waals surface area contributed by atoms with Crippen molar-refractivity contribution in [3.8, 4) is 35.1 Å². The van der Waals surface area contributed by atoms with E-state index in [1.165, 1.54) is 19.5 Å². The first kappa shape index (κ1) is 27.3. The average molecular weight is 542 g/mol. The highest BCUT2D eigenvalue weighted by atomic mass is 35.5. The Balaban J connectivity index is 0.000000479. The normalized spacial score (nSPS) is 10.9. The smallest absolute Gasteiger partial charge is 0.481 e. The van der Waals surface area contributed by atoms with E-state index in [9.17, 15) is 13.2 Å². The van der Waals surface area contributed by atoms with Crippen LogP contribution in [0.4, 0.5) is 13.2 Å². The highest BCUT2D eigenvalue weighted by Gasteiger charge is 2.38. The third-order valence-electron chi connectivity index (χ3n) is 4.47. The molecule has 0 aromatic carbocycles. The number of hydrogen-bond donors (Lipinski definition) is 2. The monoisotopic (exact) mass is 541 g/mol. The molecule has 0 atom stereocenters. The highest BCUT2D eigenvalue weighted by molar-refractivity contribution is 6.36. The molecule has 4 rings (SSSR count). The van der Waals surface area contributed by atoms with Gasteiger partial charge in [0.2, 0.25) is 17.6 Å². The van der Waals surface area contributed by atoms with Crippen LogP contribution in [0.2, 0.25) is 5.02 Å². The van der Waals surface area contributed by atoms with Crippen LogP contribution >= 0.6 is 11.6 Å². The van der Waals surface area contributed by atoms with Crippen molar-refractivity contribution < 1.29 is 42.0 Å². The fourth-order valence-electron chi connectivity index (χ4n) is 2.73. The lowest BCUT2D eigenvalue weighted by atomic mass is 10.3. The second-order valence-corrected chi connectivity index (χ2v) is 7.26. The number of nitrogens with one attached hydrogen (secondary N) is 1. The van der Waals surface area contributed by atoms with Crippen LogP contribution in [0.5, 0.6) is 35.1 Å². The molecule has 0 spiro atoms. The molecule has 0 saturated heterocycles. The van der Waals surface area contributed by atoms with Crippen molar-refractivity contribution in [1.29, 1.82) is 0 Å². The van der Waals surface area contributed by atoms with Crippen molar-refractivity contribution >= 4 is 28.6 Å². The molecule has 4 aromatic rings. The number of carbonyl (C=O) groups is 1. The van der Waals surface area contributed by atoms with Crippen molar-refractivity contribution in [2.45, 2.75) is 19.5 Å². The Morgan fingerprint density at radius 3 is 1.97 bits per heavy atom. The molecule has 4 aromatic heterocycles. The molecule has 196 valence electrons. The minimum absolute atomic E-state index is 0.0755. The maximum atomic E-state index is 10.6. The Hall–Kier alpha value is -4.33. The lowest BCUT2D eigenvalue weighted by Gasteiger charge is -2.09. The van der Waals surface area contributed by atoms with Crippen LogP contribution < -0.4 is 18.9 Å². The zero-order chi connectivity index (χ0) is 27.2. The number of nitrogens with zero attached hydrogens (tertiary/aromatic N) is 4. The minimum atomic E-state index is -5.08. The SMILES string of the molecule is CCc1[nH]c2nc(Oc3ccc(OC)nc3)nc(Oc3ccc(OC)nc3)c2c1Cl.O=C(O)C(F)(F)F. The summed E-state index contributed by atoms with van der Waals surface area (Å²) in [6, 6.07) is 6.85. The van der Waals surface area contributed by atoms with Gasteiger partial charge in [-0.2, -0.15) is 23.1 Å². The predicted molar refractivity (Wildman–Crippen MR) is 124 cm³/mol. The van der Waals surface area contributed by atoms with Crippen LogP contribution in [-0.4, -0.2) is 56.4 Å². The molecule has 11 nitrogen and oxygen atoms in total. The van der Waals surface area contributed by atoms with Gasteiger partial charge in [-0.05, 0) is 18.6 Å². The van der Waals surface area contributed by atoms with Crippen molar-refractivity contribution in [2.75, 3.05) is 14.2 Å². The number of aliphatic carboxylic acids is 1. The molecule has 0 fully saturated rings. The number of carboxylic acids is 1. The van der Waals surface area contributed by atoms with E-state index in [4.69, 9.17) is 40.4 Å². The van der Waals surface area contributed by atoms with Gasteiger partial charge in [0.25, 0.3) is 0 Å². The maximum absolute atomic E-state index is 10.6. The lowest BCUT2D eigenvalue weighted by molar-refractivity contribution is -0.192. The summed E-state index contributed by atoms with van der Waals surface area (Å²) >= 11 is 6.53. The summed E-state index contributed by atoms with van der Waals surface area (Å²) in [5.74, 6) is -0.668. The zero-order valence-corrected chi connectivity index (χ0v) is 20.2. The van der Waals surface area contributed by atoms with E-state index in [2.05, 4.69) is 24.9 Å². The van der Waals surface area contributed by atoms with E-state index in [0.717, 1.165) is 5.69 Å². The van der Waals surface area contributed by atoms with Crippen molar-refractivity contribution in [3.05, 3.63) is 47.4 Å². The quantitative estimate of drug-likeness (QED) is 0.320. The molecule has 15 heteroatoms. The number of pyridine rings is 2. The van der Waals surface area contributed by atoms with Gasteiger partial charge >= 0.3 is 18.2 Å². The van der Waals surface area contributed by atoms with Gasteiger partial charge in [-0.15, -0.1) is 0 Å². The van der Waals surface area contributed by atoms with E-state index in [1.54, 1.807) is 31.4 Å². The molecule has 37 heavy (non-hydrogen) atoms. The number of methoxy groups -OCH3 is 2. The molecular weight excluding hydrogens is 523 g/mol. The largest absolute Gasteiger partial charge is 0.490 e. The van der Waals surface area contributed by atoms with Gasteiger partial charge in [-0.1, -0.05) is 18.5 Å². The van der Waals surface area contributed by atoms with Gasteiger partial charge in [0.15, 0.2) is 0 Å². The van der Waals surface area contributed by atoms with Crippen LogP contribution in [0.25, 0.3) is 11.0 Å². The molecule has 0 bridgehead atoms. The number of fused-ring (bicyclic) bond motifs is 1. The van der Waals surface area contributed by atoms with Crippen LogP contribution in [-0.2, 0) is 11.2 Å². The van der Waals surface area contributed by atoms with Gasteiger partial charge in [-0.3, -0.25) is 0 Å². The Morgan fingerprint density at radius 2 is 1.54 bits per heavy atom. The topological polar surface area (TPSA) is 142 Å². The number of carboxylic acid groups (broad SMARTS) is 1. The van der Waals surface area contributed by atoms with Gasteiger partial charge in [0.05, 0.1) is 31.6 Å². The molecule has 0 aliphatic rings. The van der Waals surface area contributed by atoms with E-state index < -0.39 is 12.1 Å². The number of halogens is 4. The summed E-state index contributed by atoms with van der Waals surface area (Å²) in [6.45, 7) is 1.98. The van der Waals surface area contributed by atoms with Crippen LogP contribution in [0.1, 0.15) is 12.6 Å². The first-order valence-electron chi connectivity index (χ1n) is 10.3. The first-order chi connectivity index (χ1) is 17.5. The molecule has 0 aliphatic heterocycles. The molecule has 0 amide bonds. The summed E-state index contributed by atoms with van der Waals surface area (Å²) in [4.78, 5) is 29.2. The number of ether oxygens (including phenoxy) is 4. The number of hydrogen-bond acceptors (Lipinski definition) is 9. The number of rotatable bonds is 7. The molecule has 0 aliphatic carbocycles. The minimum Gasteiger partial charge on any atom is -0.481 e. The van der Waals surface area contributed by atoms with Crippen LogP contribution in [0.3, 0.4) is 0 Å². The van der Waals surface area contributed by atoms with Gasteiger partial charge in [0, 0.05) is 17.8 Å². The molecular formula is C22H19ClF3N5O6. The number of aromatic amines is 1. The Morgan fingerprint density at radius 1 is 1.00 bits per heavy atom. The second-order valence-electron chi connectivity index (χ2n) is 6.89. The second kappa shape index (κ2) is 11.6. The summed E-state index contributed by atoms with van der Waals surface area (Å²) < 4.78 is 53.6. The average Bonchev–Trinajstić information content (AvgIpc) is 3.20. The maximum Gasteiger partial charge on any atom is 0.490 e. The standard InChI is InChI=1S/C20H18ClN5O4.C2HF3O2/c1-4-13-17(21)16-18(24-13)25-20(30-12-6-8-15(28-3)23-10-12)26-19(16)29-11-5-7-14(27-2)22-9-11;3-2(4,5)1(6)7/h5-10H,4H2,1-3H3,(H,24,25,26);(H,6,7). The number of aromatic nitrogens is 5. The predicted octanol–water partition coefficient (Wildman–Crippen LogP) is 5.20. The van der Waals surface area contributed by atoms with Crippen molar-refractivity contribution in [3.63, 3.8) is 0 Å². The summed E-state index contributed by atoms with van der Waals surface area (Å²) in [5, 5.41) is 8.19. The first-order valence-corrected chi connectivity index (χ1v) is 10.7. The summed E-state index contributed by atoms with van der Waals surface area (Å²) in [5.41, 5.74) is 1.32. The Bertz CT molecular complexity index is 1360. The fourth-order valence-corrected chi connectivity index (χ4v) is 3.08. The third kappa shape index (κ3) is 6.88. The molecule has 0 unspecified atom stereocenters. The Labute approximate surface area is 212 Å². The van der Waals surface area contributed by atoms with Crippen LogP contribution in [0, 0.1) is 0 Å². The van der Waals surface area contributed by atoms with E-state index in [1.807, 2.05) is 6.92 Å². The van der Waals surface area contributed by atoms with Crippen molar-refractivity contribution in [1.82, 2.24) is 24.9 Å². The number of H-pyrrole nitrogens is 1. The van der Waals surface area contributed by atoms with Gasteiger partial charge in [0.1, 0.15) is 22.5 Å². The van der Waals surface area contributed by atoms with E-state index >= 15 is 0 Å². The van der Waals surface area contributed by atoms with Gasteiger partial charge < -0.3 is 29.0 Å². The Kier molecular flexibility index (Phi) is 8.55. The summed E-state index contributed by atoms with van der Waals surface area (Å²) in [6.07, 6.45) is -1.35. The van der Waals surface area contributed by atoms with E-state index in [0.29, 0.717) is 45.7 Å². The summed E-state index contributed by atoms with van der Waals surface area (Å²) in [7, 11) is 3.08. The molecule has 0 radical (unpaired) electrons. The number of alkyl halides is 3. The van der Waals surface area contributed by atoms with Crippen LogP contribution in [0.15, 0.2) is 36.7 Å². The third-order valence-corrected chi connectivity index (χ3v) is 4.88. The highest BCUT2D eigenvalue weighted by Crippen LogP contribution is 2.37. The van der Waals surface area contributed by atoms with E-state index in [-0.39, 0.29) is 11.9 Å². The molecule has 4 heterocycles. The molecule has 0 saturated carbocycles. The zero-order valence-electron chi connectivity index (χ0n) is 19.5. The molecule has 2 N–H and O–H groups in total.